The molecule has 0 radical (unpaired) electrons. The van der Waals surface area contributed by atoms with E-state index in [0.717, 1.165) is 25.2 Å². The van der Waals surface area contributed by atoms with Crippen LogP contribution in [0.25, 0.3) is 0 Å². The molecular weight excluding hydrogens is 240 g/mol. The Bertz CT molecular complexity index is 402. The highest BCUT2D eigenvalue weighted by Crippen LogP contribution is 2.23. The third kappa shape index (κ3) is 3.55. The molecule has 1 heterocycles. The number of methoxy groups -OCH3 is 1. The number of nitrogens with one attached hydrogen (secondary N) is 1. The van der Waals surface area contributed by atoms with Gasteiger partial charge in [-0.25, -0.2) is 4.79 Å². The first-order chi connectivity index (χ1) is 9.22. The third-order valence-corrected chi connectivity index (χ3v) is 3.69. The molecule has 0 amide bonds. The Morgan fingerprint density at radius 1 is 1.47 bits per heavy atom. The number of hydrogen-bond acceptors (Lipinski definition) is 4. The summed E-state index contributed by atoms with van der Waals surface area (Å²) >= 11 is 0. The van der Waals surface area contributed by atoms with Crippen LogP contribution in [0.2, 0.25) is 0 Å². The molecule has 0 saturated carbocycles. The lowest BCUT2D eigenvalue weighted by Crippen LogP contribution is -2.35. The quantitative estimate of drug-likeness (QED) is 0.815. The molecular formula is C15H22N2O2. The van der Waals surface area contributed by atoms with Crippen LogP contribution < -0.4 is 5.32 Å². The normalized spacial score (nSPS) is 20.5. The zero-order valence-electron chi connectivity index (χ0n) is 11.6. The van der Waals surface area contributed by atoms with Gasteiger partial charge in [0.1, 0.15) is 6.04 Å². The fourth-order valence-electron chi connectivity index (χ4n) is 2.70. The molecule has 19 heavy (non-hydrogen) atoms. The molecule has 104 valence electrons. The monoisotopic (exact) mass is 262 g/mol. The Morgan fingerprint density at radius 3 is 2.79 bits per heavy atom. The van der Waals surface area contributed by atoms with Crippen LogP contribution in [0.15, 0.2) is 30.3 Å². The van der Waals surface area contributed by atoms with Gasteiger partial charge in [-0.2, -0.15) is 0 Å². The van der Waals surface area contributed by atoms with Crippen molar-refractivity contribution in [2.45, 2.75) is 12.5 Å². The average molecular weight is 262 g/mol. The Morgan fingerprint density at radius 2 is 2.21 bits per heavy atom. The molecule has 2 atom stereocenters. The van der Waals surface area contributed by atoms with E-state index in [0.29, 0.717) is 5.92 Å². The number of esters is 1. The standard InChI is InChI=1S/C15H22N2O2/c1-17(11-12-8-9-16-10-12)14(15(18)19-2)13-6-4-3-5-7-13/h3-7,12,14,16H,8-11H2,1-2H3/t12?,14-/m1/s1. The zero-order chi connectivity index (χ0) is 13.7. The molecule has 4 heteroatoms. The molecule has 1 unspecified atom stereocenters. The van der Waals surface area contributed by atoms with Crippen LogP contribution in [0.1, 0.15) is 18.0 Å². The van der Waals surface area contributed by atoms with Crippen molar-refractivity contribution in [3.8, 4) is 0 Å². The van der Waals surface area contributed by atoms with Crippen LogP contribution in [0.3, 0.4) is 0 Å². The van der Waals surface area contributed by atoms with E-state index in [9.17, 15) is 4.79 Å². The van der Waals surface area contributed by atoms with Gasteiger partial charge in [-0.1, -0.05) is 30.3 Å². The predicted molar refractivity (Wildman–Crippen MR) is 74.8 cm³/mol. The van der Waals surface area contributed by atoms with Gasteiger partial charge in [-0.15, -0.1) is 0 Å². The van der Waals surface area contributed by atoms with Gasteiger partial charge in [-0.05, 0) is 38.0 Å². The maximum absolute atomic E-state index is 12.0. The number of likely N-dealkylation sites (N-methyl/N-ethyl adjacent to an activating group) is 1. The van der Waals surface area contributed by atoms with Crippen LogP contribution in [-0.4, -0.2) is 44.7 Å². The second-order valence-electron chi connectivity index (χ2n) is 5.13. The highest BCUT2D eigenvalue weighted by atomic mass is 16.5. The largest absolute Gasteiger partial charge is 0.468 e. The van der Waals surface area contributed by atoms with E-state index < -0.39 is 0 Å². The molecule has 1 aromatic rings. The van der Waals surface area contributed by atoms with Crippen molar-refractivity contribution in [1.29, 1.82) is 0 Å². The molecule has 1 aliphatic heterocycles. The topological polar surface area (TPSA) is 41.6 Å². The average Bonchev–Trinajstić information content (AvgIpc) is 2.93. The Kier molecular flexibility index (Phi) is 4.93. The smallest absolute Gasteiger partial charge is 0.327 e. The summed E-state index contributed by atoms with van der Waals surface area (Å²) in [6.45, 7) is 3.02. The van der Waals surface area contributed by atoms with Crippen molar-refractivity contribution in [2.75, 3.05) is 33.8 Å². The van der Waals surface area contributed by atoms with Gasteiger partial charge >= 0.3 is 5.97 Å². The van der Waals surface area contributed by atoms with Gasteiger partial charge in [-0.3, -0.25) is 4.90 Å². The van der Waals surface area contributed by atoms with E-state index in [1.165, 1.54) is 13.5 Å². The first kappa shape index (κ1) is 14.0. The van der Waals surface area contributed by atoms with E-state index in [-0.39, 0.29) is 12.0 Å². The lowest BCUT2D eigenvalue weighted by molar-refractivity contribution is -0.147. The minimum atomic E-state index is -0.313. The Hall–Kier alpha value is -1.39. The second-order valence-corrected chi connectivity index (χ2v) is 5.13. The number of benzene rings is 1. The first-order valence-corrected chi connectivity index (χ1v) is 6.76. The van der Waals surface area contributed by atoms with Gasteiger partial charge in [0.05, 0.1) is 7.11 Å². The maximum atomic E-state index is 12.0. The molecule has 1 aromatic carbocycles. The third-order valence-electron chi connectivity index (χ3n) is 3.69. The maximum Gasteiger partial charge on any atom is 0.327 e. The summed E-state index contributed by atoms with van der Waals surface area (Å²) in [6, 6.07) is 9.51. The zero-order valence-corrected chi connectivity index (χ0v) is 11.6. The Balaban J connectivity index is 2.10. The lowest BCUT2D eigenvalue weighted by Gasteiger charge is -2.28. The SMILES string of the molecule is COC(=O)[C@@H](c1ccccc1)N(C)CC1CCNC1. The summed E-state index contributed by atoms with van der Waals surface area (Å²) in [5.41, 5.74) is 0.989. The summed E-state index contributed by atoms with van der Waals surface area (Å²) in [7, 11) is 3.44. The molecule has 1 fully saturated rings. The van der Waals surface area contributed by atoms with Crippen molar-refractivity contribution in [2.24, 2.45) is 5.92 Å². The number of rotatable bonds is 5. The number of nitrogens with zero attached hydrogens (tertiary/aromatic N) is 1. The van der Waals surface area contributed by atoms with E-state index >= 15 is 0 Å². The van der Waals surface area contributed by atoms with Gasteiger partial charge in [0, 0.05) is 6.54 Å². The van der Waals surface area contributed by atoms with Gasteiger partial charge in [0.25, 0.3) is 0 Å². The van der Waals surface area contributed by atoms with Crippen molar-refractivity contribution >= 4 is 5.97 Å². The molecule has 4 nitrogen and oxygen atoms in total. The predicted octanol–water partition coefficient (Wildman–Crippen LogP) is 1.44. The van der Waals surface area contributed by atoms with Crippen molar-refractivity contribution in [1.82, 2.24) is 10.2 Å². The van der Waals surface area contributed by atoms with E-state index in [2.05, 4.69) is 10.2 Å². The molecule has 1 saturated heterocycles. The lowest BCUT2D eigenvalue weighted by atomic mass is 10.0. The van der Waals surface area contributed by atoms with Crippen LogP contribution in [-0.2, 0) is 9.53 Å². The number of hydrogen-bond donors (Lipinski definition) is 1. The molecule has 1 aliphatic rings. The van der Waals surface area contributed by atoms with Crippen LogP contribution in [0.5, 0.6) is 0 Å². The summed E-state index contributed by atoms with van der Waals surface area (Å²) < 4.78 is 4.96. The highest BCUT2D eigenvalue weighted by molar-refractivity contribution is 5.77. The Labute approximate surface area is 114 Å². The van der Waals surface area contributed by atoms with E-state index in [1.54, 1.807) is 0 Å². The number of carbonyl (C=O) groups is 1. The minimum absolute atomic E-state index is 0.195. The summed E-state index contributed by atoms with van der Waals surface area (Å²) in [5, 5.41) is 3.36. The van der Waals surface area contributed by atoms with Crippen molar-refractivity contribution < 1.29 is 9.53 Å². The van der Waals surface area contributed by atoms with Gasteiger partial charge in [0.2, 0.25) is 0 Å². The van der Waals surface area contributed by atoms with Crippen LogP contribution in [0.4, 0.5) is 0 Å². The molecule has 2 rings (SSSR count). The van der Waals surface area contributed by atoms with E-state index in [4.69, 9.17) is 4.74 Å². The fraction of sp³-hybridized carbons (Fsp3) is 0.533. The number of ether oxygens (including phenoxy) is 1. The summed E-state index contributed by atoms with van der Waals surface area (Å²) in [6.07, 6.45) is 1.17. The number of carbonyl (C=O) groups excluding carboxylic acids is 1. The van der Waals surface area contributed by atoms with Crippen LogP contribution >= 0.6 is 0 Å². The molecule has 1 N–H and O–H groups in total. The van der Waals surface area contributed by atoms with Gasteiger partial charge < -0.3 is 10.1 Å². The highest BCUT2D eigenvalue weighted by Gasteiger charge is 2.28. The minimum Gasteiger partial charge on any atom is -0.468 e. The molecule has 0 spiro atoms. The molecule has 0 aliphatic carbocycles. The fourth-order valence-corrected chi connectivity index (χ4v) is 2.70. The first-order valence-electron chi connectivity index (χ1n) is 6.76. The summed E-state index contributed by atoms with van der Waals surface area (Å²) in [5.74, 6) is 0.417. The van der Waals surface area contributed by atoms with E-state index in [1.807, 2.05) is 37.4 Å². The summed E-state index contributed by atoms with van der Waals surface area (Å²) in [4.78, 5) is 14.1. The second kappa shape index (κ2) is 6.68. The van der Waals surface area contributed by atoms with Crippen molar-refractivity contribution in [3.05, 3.63) is 35.9 Å². The van der Waals surface area contributed by atoms with Crippen LogP contribution in [0, 0.1) is 5.92 Å². The molecule has 0 bridgehead atoms. The van der Waals surface area contributed by atoms with Crippen molar-refractivity contribution in [3.63, 3.8) is 0 Å². The molecule has 0 aromatic heterocycles. The van der Waals surface area contributed by atoms with Gasteiger partial charge in [0.15, 0.2) is 0 Å².